The predicted octanol–water partition coefficient (Wildman–Crippen LogP) is 3.86. The molecule has 0 spiro atoms. The first-order chi connectivity index (χ1) is 16.1. The monoisotopic (exact) mass is 485 g/mol. The lowest BCUT2D eigenvalue weighted by Gasteiger charge is -2.36. The molecular weight excluding hydrogens is 462 g/mol. The summed E-state index contributed by atoms with van der Waals surface area (Å²) in [5, 5.41) is 3.69. The number of thiazole rings is 1. The molecule has 2 aliphatic rings. The van der Waals surface area contributed by atoms with E-state index in [4.69, 9.17) is 30.8 Å². The van der Waals surface area contributed by atoms with Gasteiger partial charge in [0, 0.05) is 43.1 Å². The van der Waals surface area contributed by atoms with E-state index < -0.39 is 6.10 Å². The van der Waals surface area contributed by atoms with Crippen LogP contribution in [0.3, 0.4) is 0 Å². The molecule has 172 valence electrons. The number of carbonyl (C=O) groups excluding carboxylic acids is 1. The van der Waals surface area contributed by atoms with Gasteiger partial charge in [-0.25, -0.2) is 4.98 Å². The molecule has 7 nitrogen and oxygen atoms in total. The standard InChI is InChI=1S/C24H24ClN3O4S/c25-17-5-7-19(8-6-17)30-15-23-26-18(16-33-23)13-27-9-11-28(12-10-27)24(29)22-14-31-20-3-1-2-4-21(20)32-22/h1-8,16,22H,9-15H2/t22-/m1/s1. The second kappa shape index (κ2) is 9.99. The number of halogens is 1. The third-order valence-electron chi connectivity index (χ3n) is 5.63. The number of ether oxygens (including phenoxy) is 3. The molecule has 33 heavy (non-hydrogen) atoms. The second-order valence-corrected chi connectivity index (χ2v) is 9.32. The highest BCUT2D eigenvalue weighted by Gasteiger charge is 2.32. The number of amides is 1. The summed E-state index contributed by atoms with van der Waals surface area (Å²) in [6, 6.07) is 14.8. The highest BCUT2D eigenvalue weighted by atomic mass is 35.5. The van der Waals surface area contributed by atoms with Crippen LogP contribution in [0.2, 0.25) is 5.02 Å². The molecule has 0 unspecified atom stereocenters. The van der Waals surface area contributed by atoms with Crippen molar-refractivity contribution in [3.63, 3.8) is 0 Å². The second-order valence-electron chi connectivity index (χ2n) is 7.94. The van der Waals surface area contributed by atoms with Gasteiger partial charge in [-0.2, -0.15) is 0 Å². The molecule has 1 saturated heterocycles. The lowest BCUT2D eigenvalue weighted by molar-refractivity contribution is -0.143. The highest BCUT2D eigenvalue weighted by Crippen LogP contribution is 2.31. The molecule has 0 bridgehead atoms. The first kappa shape index (κ1) is 22.0. The van der Waals surface area contributed by atoms with Gasteiger partial charge in [-0.3, -0.25) is 9.69 Å². The van der Waals surface area contributed by atoms with Crippen molar-refractivity contribution in [1.82, 2.24) is 14.8 Å². The maximum Gasteiger partial charge on any atom is 0.267 e. The fourth-order valence-corrected chi connectivity index (χ4v) is 4.69. The number of piperazine rings is 1. The number of para-hydroxylation sites is 2. The van der Waals surface area contributed by atoms with Gasteiger partial charge in [0.05, 0.1) is 5.69 Å². The Balaban J connectivity index is 1.08. The van der Waals surface area contributed by atoms with E-state index in [0.29, 0.717) is 36.2 Å². The first-order valence-electron chi connectivity index (χ1n) is 10.9. The van der Waals surface area contributed by atoms with Crippen molar-refractivity contribution in [3.05, 3.63) is 69.6 Å². The number of fused-ring (bicyclic) bond motifs is 1. The van der Waals surface area contributed by atoms with E-state index >= 15 is 0 Å². The summed E-state index contributed by atoms with van der Waals surface area (Å²) >= 11 is 7.50. The first-order valence-corrected chi connectivity index (χ1v) is 12.1. The third kappa shape index (κ3) is 5.40. The number of nitrogens with zero attached hydrogens (tertiary/aromatic N) is 3. The Labute approximate surface area is 201 Å². The summed E-state index contributed by atoms with van der Waals surface area (Å²) in [4.78, 5) is 21.8. The van der Waals surface area contributed by atoms with E-state index in [0.717, 1.165) is 36.1 Å². The average Bonchev–Trinajstić information content (AvgIpc) is 3.30. The van der Waals surface area contributed by atoms with Crippen molar-refractivity contribution >= 4 is 28.8 Å². The SMILES string of the molecule is O=C([C@H]1COc2ccccc2O1)N1CCN(Cc2csc(COc3ccc(Cl)cc3)n2)CC1. The molecule has 5 rings (SSSR count). The van der Waals surface area contributed by atoms with Crippen LogP contribution in [0.5, 0.6) is 17.2 Å². The van der Waals surface area contributed by atoms with Crippen LogP contribution in [-0.2, 0) is 17.9 Å². The normalized spacial score (nSPS) is 18.2. The predicted molar refractivity (Wildman–Crippen MR) is 126 cm³/mol. The Bertz CT molecular complexity index is 1100. The molecule has 1 atom stereocenters. The van der Waals surface area contributed by atoms with Gasteiger partial charge in [-0.05, 0) is 36.4 Å². The van der Waals surface area contributed by atoms with E-state index in [1.54, 1.807) is 23.5 Å². The molecule has 0 aliphatic carbocycles. The van der Waals surface area contributed by atoms with Crippen LogP contribution in [0.25, 0.3) is 0 Å². The van der Waals surface area contributed by atoms with Crippen LogP contribution >= 0.6 is 22.9 Å². The summed E-state index contributed by atoms with van der Waals surface area (Å²) in [6.07, 6.45) is -0.590. The number of benzene rings is 2. The van der Waals surface area contributed by atoms with Crippen LogP contribution < -0.4 is 14.2 Å². The highest BCUT2D eigenvalue weighted by molar-refractivity contribution is 7.09. The molecule has 2 aliphatic heterocycles. The maximum atomic E-state index is 12.9. The molecule has 0 radical (unpaired) electrons. The van der Waals surface area contributed by atoms with Crippen LogP contribution in [-0.4, -0.2) is 59.6 Å². The van der Waals surface area contributed by atoms with Gasteiger partial charge in [-0.15, -0.1) is 11.3 Å². The molecule has 3 aromatic rings. The molecule has 0 saturated carbocycles. The van der Waals surface area contributed by atoms with Crippen molar-refractivity contribution in [3.8, 4) is 17.2 Å². The topological polar surface area (TPSA) is 64.1 Å². The lowest BCUT2D eigenvalue weighted by atomic mass is 10.2. The minimum Gasteiger partial charge on any atom is -0.486 e. The fraction of sp³-hybridized carbons (Fsp3) is 0.333. The minimum absolute atomic E-state index is 0.0144. The zero-order chi connectivity index (χ0) is 22.6. The zero-order valence-corrected chi connectivity index (χ0v) is 19.6. The van der Waals surface area contributed by atoms with E-state index in [1.165, 1.54) is 0 Å². The van der Waals surface area contributed by atoms with Gasteiger partial charge in [0.25, 0.3) is 5.91 Å². The maximum absolute atomic E-state index is 12.9. The van der Waals surface area contributed by atoms with E-state index in [9.17, 15) is 4.79 Å². The Morgan fingerprint density at radius 1 is 1.09 bits per heavy atom. The fourth-order valence-electron chi connectivity index (χ4n) is 3.86. The molecule has 1 aromatic heterocycles. The summed E-state index contributed by atoms with van der Waals surface area (Å²) in [5.41, 5.74) is 1.02. The smallest absolute Gasteiger partial charge is 0.267 e. The van der Waals surface area contributed by atoms with Gasteiger partial charge >= 0.3 is 0 Å². The number of rotatable bonds is 6. The van der Waals surface area contributed by atoms with Crippen molar-refractivity contribution in [2.24, 2.45) is 0 Å². The quantitative estimate of drug-likeness (QED) is 0.528. The van der Waals surface area contributed by atoms with Crippen molar-refractivity contribution in [2.75, 3.05) is 32.8 Å². The number of hydrogen-bond acceptors (Lipinski definition) is 7. The van der Waals surface area contributed by atoms with Gasteiger partial charge in [0.1, 0.15) is 24.0 Å². The zero-order valence-electron chi connectivity index (χ0n) is 18.0. The van der Waals surface area contributed by atoms with Gasteiger partial charge in [-0.1, -0.05) is 23.7 Å². The Morgan fingerprint density at radius 3 is 2.64 bits per heavy atom. The van der Waals surface area contributed by atoms with Crippen LogP contribution in [0.4, 0.5) is 0 Å². The molecular formula is C24H24ClN3O4S. The average molecular weight is 486 g/mol. The summed E-state index contributed by atoms with van der Waals surface area (Å²) in [6.45, 7) is 4.36. The van der Waals surface area contributed by atoms with E-state index in [2.05, 4.69) is 10.3 Å². The third-order valence-corrected chi connectivity index (χ3v) is 6.75. The molecule has 3 heterocycles. The summed E-state index contributed by atoms with van der Waals surface area (Å²) in [7, 11) is 0. The van der Waals surface area contributed by atoms with Gasteiger partial charge in [0.2, 0.25) is 6.10 Å². The van der Waals surface area contributed by atoms with Crippen LogP contribution in [0.15, 0.2) is 53.9 Å². The Morgan fingerprint density at radius 2 is 1.85 bits per heavy atom. The van der Waals surface area contributed by atoms with Crippen molar-refractivity contribution in [1.29, 1.82) is 0 Å². The Hall–Kier alpha value is -2.81. The number of aromatic nitrogens is 1. The largest absolute Gasteiger partial charge is 0.486 e. The number of hydrogen-bond donors (Lipinski definition) is 0. The lowest BCUT2D eigenvalue weighted by Crippen LogP contribution is -2.53. The molecule has 2 aromatic carbocycles. The molecule has 1 fully saturated rings. The minimum atomic E-state index is -0.590. The number of carbonyl (C=O) groups is 1. The molecule has 1 amide bonds. The van der Waals surface area contributed by atoms with Crippen LogP contribution in [0, 0.1) is 0 Å². The molecule has 0 N–H and O–H groups in total. The van der Waals surface area contributed by atoms with E-state index in [-0.39, 0.29) is 12.5 Å². The van der Waals surface area contributed by atoms with E-state index in [1.807, 2.05) is 41.3 Å². The Kier molecular flexibility index (Phi) is 6.66. The van der Waals surface area contributed by atoms with Crippen LogP contribution in [0.1, 0.15) is 10.7 Å². The van der Waals surface area contributed by atoms with Crippen molar-refractivity contribution < 1.29 is 19.0 Å². The van der Waals surface area contributed by atoms with Crippen molar-refractivity contribution in [2.45, 2.75) is 19.3 Å². The molecule has 9 heteroatoms. The summed E-state index contributed by atoms with van der Waals surface area (Å²) in [5.74, 6) is 2.07. The summed E-state index contributed by atoms with van der Waals surface area (Å²) < 4.78 is 17.4. The van der Waals surface area contributed by atoms with Gasteiger partial charge < -0.3 is 19.1 Å². The van der Waals surface area contributed by atoms with Gasteiger partial charge in [0.15, 0.2) is 11.5 Å².